The summed E-state index contributed by atoms with van der Waals surface area (Å²) >= 11 is 0. The number of fused-ring (bicyclic) bond motifs is 1. The minimum absolute atomic E-state index is 0.152. The normalized spacial score (nSPS) is 16.0. The largest absolute Gasteiger partial charge is 0.350 e. The first-order valence-electron chi connectivity index (χ1n) is 6.29. The molecule has 1 atom stereocenters. The Morgan fingerprint density at radius 3 is 2.95 bits per heavy atom. The van der Waals surface area contributed by atoms with Crippen LogP contribution in [0, 0.1) is 6.92 Å². The van der Waals surface area contributed by atoms with Crippen LogP contribution in [-0.2, 0) is 4.79 Å². The maximum Gasteiger partial charge on any atom is 0.350 e. The highest BCUT2D eigenvalue weighted by Crippen LogP contribution is 2.15. The van der Waals surface area contributed by atoms with Gasteiger partial charge in [-0.15, -0.1) is 0 Å². The predicted molar refractivity (Wildman–Crippen MR) is 71.2 cm³/mol. The third-order valence-electron chi connectivity index (χ3n) is 3.01. The van der Waals surface area contributed by atoms with Gasteiger partial charge in [-0.05, 0) is 29.2 Å². The molecule has 0 fully saturated rings. The zero-order valence-corrected chi connectivity index (χ0v) is 11.2. The van der Waals surface area contributed by atoms with Crippen molar-refractivity contribution in [3.63, 3.8) is 0 Å². The Hall–Kier alpha value is -2.63. The van der Waals surface area contributed by atoms with Crippen LogP contribution >= 0.6 is 0 Å². The number of pyridine rings is 2. The van der Waals surface area contributed by atoms with Crippen molar-refractivity contribution in [2.45, 2.75) is 20.1 Å². The van der Waals surface area contributed by atoms with Crippen molar-refractivity contribution in [1.82, 2.24) is 10.3 Å². The molecule has 3 heterocycles. The van der Waals surface area contributed by atoms with Gasteiger partial charge in [0.15, 0.2) is 0 Å². The number of nitrogens with one attached hydrogen (secondary N) is 1. The molecule has 0 aliphatic carbocycles. The molecule has 1 aliphatic heterocycles. The van der Waals surface area contributed by atoms with Crippen LogP contribution in [0.1, 0.15) is 12.5 Å². The molecule has 2 aromatic rings. The molecule has 20 heavy (non-hydrogen) atoms. The van der Waals surface area contributed by atoms with E-state index < -0.39 is 6.29 Å². The van der Waals surface area contributed by atoms with Crippen molar-refractivity contribution in [1.29, 1.82) is 0 Å². The Labute approximate surface area is 115 Å². The van der Waals surface area contributed by atoms with Gasteiger partial charge in [-0.2, -0.15) is 0 Å². The molecule has 3 rings (SSSR count). The molecule has 1 unspecified atom stereocenters. The van der Waals surface area contributed by atoms with Crippen LogP contribution in [0.2, 0.25) is 0 Å². The summed E-state index contributed by atoms with van der Waals surface area (Å²) in [6.45, 7) is 3.42. The van der Waals surface area contributed by atoms with Crippen molar-refractivity contribution in [3.8, 4) is 11.1 Å². The molecule has 2 aromatic heterocycles. The van der Waals surface area contributed by atoms with E-state index in [4.69, 9.17) is 0 Å². The number of carbonyl (C=O) groups excluding carboxylic acids is 1. The van der Waals surface area contributed by atoms with Crippen molar-refractivity contribution < 1.29 is 9.16 Å². The molecule has 0 radical (unpaired) electrons. The minimum Gasteiger partial charge on any atom is -0.293 e. The van der Waals surface area contributed by atoms with Gasteiger partial charge in [0.05, 0.1) is 0 Å². The van der Waals surface area contributed by atoms with Crippen LogP contribution in [0.4, 0.5) is 0 Å². The maximum atomic E-state index is 11.1. The lowest BCUT2D eigenvalue weighted by Gasteiger charge is -1.98. The number of amides is 1. The number of hydrogen-bond acceptors (Lipinski definition) is 4. The van der Waals surface area contributed by atoms with Crippen molar-refractivity contribution in [2.75, 3.05) is 0 Å². The van der Waals surface area contributed by atoms with Crippen LogP contribution in [0.5, 0.6) is 0 Å². The van der Waals surface area contributed by atoms with Gasteiger partial charge in [0.1, 0.15) is 6.20 Å². The lowest BCUT2D eigenvalue weighted by Crippen LogP contribution is -2.36. The summed E-state index contributed by atoms with van der Waals surface area (Å²) in [6.07, 6.45) is 4.89. The summed E-state index contributed by atoms with van der Waals surface area (Å²) < 4.78 is 1.71. The maximum absolute atomic E-state index is 11.1. The molecule has 1 N–H and O–H groups in total. The quantitative estimate of drug-likeness (QED) is 0.802. The number of nitrogens with zero attached hydrogens (tertiary/aromatic N) is 4. The highest BCUT2D eigenvalue weighted by molar-refractivity contribution is 5.73. The molecule has 1 amide bonds. The van der Waals surface area contributed by atoms with E-state index in [9.17, 15) is 4.79 Å². The van der Waals surface area contributed by atoms with E-state index in [0.29, 0.717) is 0 Å². The Morgan fingerprint density at radius 1 is 1.40 bits per heavy atom. The van der Waals surface area contributed by atoms with Crippen LogP contribution in [0.25, 0.3) is 11.1 Å². The molecule has 0 aromatic carbocycles. The smallest absolute Gasteiger partial charge is 0.293 e. The number of carbonyl (C=O) groups is 1. The summed E-state index contributed by atoms with van der Waals surface area (Å²) in [6, 6.07) is 5.92. The van der Waals surface area contributed by atoms with Crippen molar-refractivity contribution >= 4 is 5.91 Å². The lowest BCUT2D eigenvalue weighted by molar-refractivity contribution is -0.560. The second kappa shape index (κ2) is 4.80. The first-order chi connectivity index (χ1) is 9.63. The average molecular weight is 268 g/mol. The van der Waals surface area contributed by atoms with Gasteiger partial charge in [-0.25, -0.2) is 0 Å². The van der Waals surface area contributed by atoms with Crippen LogP contribution in [0.3, 0.4) is 0 Å². The molecule has 6 nitrogen and oxygen atoms in total. The second-order valence-electron chi connectivity index (χ2n) is 4.64. The van der Waals surface area contributed by atoms with E-state index in [-0.39, 0.29) is 5.91 Å². The fraction of sp³-hybridized carbons (Fsp3) is 0.214. The molecule has 0 bridgehead atoms. The van der Waals surface area contributed by atoms with Gasteiger partial charge >= 0.3 is 11.8 Å². The van der Waals surface area contributed by atoms with Crippen LogP contribution in [0.15, 0.2) is 46.9 Å². The summed E-state index contributed by atoms with van der Waals surface area (Å²) in [5, 5.41) is 7.01. The van der Waals surface area contributed by atoms with Gasteiger partial charge in [-0.3, -0.25) is 15.1 Å². The fourth-order valence-electron chi connectivity index (χ4n) is 2.15. The van der Waals surface area contributed by atoms with Crippen molar-refractivity contribution in [2.24, 2.45) is 10.1 Å². The third kappa shape index (κ3) is 2.27. The van der Waals surface area contributed by atoms with E-state index in [0.717, 1.165) is 22.2 Å². The first kappa shape index (κ1) is 12.4. The summed E-state index contributed by atoms with van der Waals surface area (Å²) in [7, 11) is 0. The fourth-order valence-corrected chi connectivity index (χ4v) is 2.15. The third-order valence-corrected chi connectivity index (χ3v) is 3.01. The van der Waals surface area contributed by atoms with Gasteiger partial charge in [-0.1, -0.05) is 10.4 Å². The van der Waals surface area contributed by atoms with E-state index in [1.807, 2.05) is 31.3 Å². The monoisotopic (exact) mass is 268 g/mol. The standard InChI is InChI=1S/C14H13N5O/c1-9-6-12(11-4-3-5-15-7-11)8-19-13(9)17-14(18-19)16-10(2)20/h3-8,14H,1-2H3/p+1. The number of rotatable bonds is 2. The van der Waals surface area contributed by atoms with Gasteiger partial charge < -0.3 is 0 Å². The molecule has 1 aliphatic rings. The van der Waals surface area contributed by atoms with Crippen LogP contribution < -0.4 is 15.2 Å². The molecule has 0 spiro atoms. The van der Waals surface area contributed by atoms with E-state index >= 15 is 0 Å². The highest BCUT2D eigenvalue weighted by atomic mass is 16.1. The predicted octanol–water partition coefficient (Wildman–Crippen LogP) is 0.429. The summed E-state index contributed by atoms with van der Waals surface area (Å²) in [5.74, 6) is -0.152. The number of aryl methyl sites for hydroxylation is 1. The Balaban J connectivity index is 2.08. The van der Waals surface area contributed by atoms with Crippen LogP contribution in [-0.4, -0.2) is 17.2 Å². The van der Waals surface area contributed by atoms with Crippen molar-refractivity contribution in [3.05, 3.63) is 47.8 Å². The lowest BCUT2D eigenvalue weighted by atomic mass is 10.1. The molecule has 100 valence electrons. The Bertz CT molecular complexity index is 785. The second-order valence-corrected chi connectivity index (χ2v) is 4.64. The van der Waals surface area contributed by atoms with E-state index in [1.165, 1.54) is 6.92 Å². The Kier molecular flexibility index (Phi) is 2.98. The SMILES string of the molecule is CC(=O)NC1N=c2c(C)cc(-c3cccnc3)c[n+]2=N1. The van der Waals surface area contributed by atoms with Gasteiger partial charge in [0, 0.05) is 36.0 Å². The minimum atomic E-state index is -0.546. The average Bonchev–Trinajstić information content (AvgIpc) is 2.82. The summed E-state index contributed by atoms with van der Waals surface area (Å²) in [5.41, 5.74) is 3.80. The zero-order chi connectivity index (χ0) is 14.1. The first-order valence-corrected chi connectivity index (χ1v) is 6.29. The molecule has 6 heteroatoms. The number of aromatic nitrogens is 2. The van der Waals surface area contributed by atoms with Gasteiger partial charge in [0.2, 0.25) is 5.91 Å². The van der Waals surface area contributed by atoms with Gasteiger partial charge in [0.25, 0.3) is 0 Å². The zero-order valence-electron chi connectivity index (χ0n) is 11.2. The van der Waals surface area contributed by atoms with E-state index in [1.54, 1.807) is 16.8 Å². The number of hydrogen-bond donors (Lipinski definition) is 1. The molecular weight excluding hydrogens is 254 g/mol. The summed E-state index contributed by atoms with van der Waals surface area (Å²) in [4.78, 5) is 19.6. The Morgan fingerprint density at radius 2 is 2.25 bits per heavy atom. The van der Waals surface area contributed by atoms with E-state index in [2.05, 4.69) is 20.4 Å². The topological polar surface area (TPSA) is 72.6 Å². The highest BCUT2D eigenvalue weighted by Gasteiger charge is 2.22. The molecule has 0 saturated carbocycles. The molecule has 0 saturated heterocycles. The molecular formula is C14H14N5O+.